The van der Waals surface area contributed by atoms with Crippen LogP contribution in [0, 0.1) is 5.92 Å². The van der Waals surface area contributed by atoms with Gasteiger partial charge in [0.25, 0.3) is 0 Å². The van der Waals surface area contributed by atoms with Crippen molar-refractivity contribution in [3.05, 3.63) is 36.6 Å². The van der Waals surface area contributed by atoms with Crippen molar-refractivity contribution in [3.63, 3.8) is 0 Å². The monoisotopic (exact) mass is 324 g/mol. The Morgan fingerprint density at radius 1 is 1.33 bits per heavy atom. The Labute approximate surface area is 139 Å². The summed E-state index contributed by atoms with van der Waals surface area (Å²) >= 11 is 0. The minimum absolute atomic E-state index is 0.00453. The van der Waals surface area contributed by atoms with Crippen LogP contribution in [0.4, 0.5) is 5.69 Å². The highest BCUT2D eigenvalue weighted by molar-refractivity contribution is 5.94. The van der Waals surface area contributed by atoms with Crippen LogP contribution in [0.25, 0.3) is 22.6 Å². The van der Waals surface area contributed by atoms with Crippen LogP contribution in [0.5, 0.6) is 0 Å². The van der Waals surface area contributed by atoms with E-state index >= 15 is 0 Å². The third-order valence-corrected chi connectivity index (χ3v) is 4.59. The number of anilines is 1. The number of hydrogen-bond acceptors (Lipinski definition) is 4. The van der Waals surface area contributed by atoms with Crippen LogP contribution in [0.3, 0.4) is 0 Å². The quantitative estimate of drug-likeness (QED) is 0.688. The molecule has 1 aliphatic rings. The van der Waals surface area contributed by atoms with E-state index in [2.05, 4.69) is 15.3 Å². The summed E-state index contributed by atoms with van der Waals surface area (Å²) in [6.45, 7) is 0. The van der Waals surface area contributed by atoms with Crippen molar-refractivity contribution in [2.45, 2.75) is 31.7 Å². The van der Waals surface area contributed by atoms with Gasteiger partial charge in [-0.15, -0.1) is 0 Å². The molecule has 1 fully saturated rings. The van der Waals surface area contributed by atoms with Crippen molar-refractivity contribution < 1.29 is 9.21 Å². The molecule has 0 saturated heterocycles. The second kappa shape index (κ2) is 6.13. The minimum atomic E-state index is 0.00453. The van der Waals surface area contributed by atoms with Gasteiger partial charge < -0.3 is 20.5 Å². The van der Waals surface area contributed by atoms with Gasteiger partial charge in [-0.3, -0.25) is 4.79 Å². The summed E-state index contributed by atoms with van der Waals surface area (Å²) in [5.74, 6) is 1.42. The molecule has 4 N–H and O–H groups in total. The molecular formula is C18H20N4O2. The predicted octanol–water partition coefficient (Wildman–Crippen LogP) is 3.28. The Balaban J connectivity index is 1.53. The van der Waals surface area contributed by atoms with Gasteiger partial charge in [-0.2, -0.15) is 0 Å². The maximum absolute atomic E-state index is 12.4. The third-order valence-electron chi connectivity index (χ3n) is 4.59. The first-order valence-electron chi connectivity index (χ1n) is 8.29. The third kappa shape index (κ3) is 2.92. The van der Waals surface area contributed by atoms with Crippen LogP contribution < -0.4 is 11.1 Å². The van der Waals surface area contributed by atoms with Gasteiger partial charge in [-0.1, -0.05) is 6.42 Å². The first kappa shape index (κ1) is 15.0. The van der Waals surface area contributed by atoms with E-state index in [9.17, 15) is 4.79 Å². The second-order valence-corrected chi connectivity index (χ2v) is 6.41. The number of imidazole rings is 1. The molecule has 2 heterocycles. The summed E-state index contributed by atoms with van der Waals surface area (Å²) in [5.41, 5.74) is 8.44. The van der Waals surface area contributed by atoms with Gasteiger partial charge in [-0.05, 0) is 49.6 Å². The van der Waals surface area contributed by atoms with Crippen molar-refractivity contribution in [2.75, 3.05) is 5.32 Å². The molecule has 4 rings (SSSR count). The van der Waals surface area contributed by atoms with Crippen LogP contribution >= 0.6 is 0 Å². The molecular weight excluding hydrogens is 304 g/mol. The van der Waals surface area contributed by atoms with Gasteiger partial charge in [0.2, 0.25) is 5.91 Å². The van der Waals surface area contributed by atoms with Crippen LogP contribution in [-0.4, -0.2) is 21.9 Å². The highest BCUT2D eigenvalue weighted by Crippen LogP contribution is 2.26. The molecule has 0 radical (unpaired) electrons. The standard InChI is InChI=1S/C18H20N4O2/c19-12-4-1-3-11(9-12)18(23)20-13-6-7-14-15(10-13)22-17(21-14)16-5-2-8-24-16/h2,5-8,10-12H,1,3-4,9,19H2,(H,20,23)(H,21,22). The fourth-order valence-electron chi connectivity index (χ4n) is 3.33. The minimum Gasteiger partial charge on any atom is -0.461 e. The zero-order chi connectivity index (χ0) is 16.5. The van der Waals surface area contributed by atoms with Crippen LogP contribution in [-0.2, 0) is 4.79 Å². The summed E-state index contributed by atoms with van der Waals surface area (Å²) in [4.78, 5) is 20.2. The van der Waals surface area contributed by atoms with E-state index in [0.717, 1.165) is 42.4 Å². The molecule has 0 bridgehead atoms. The number of aromatic amines is 1. The average molecular weight is 324 g/mol. The molecule has 1 amide bonds. The lowest BCUT2D eigenvalue weighted by Gasteiger charge is -2.25. The maximum atomic E-state index is 12.4. The molecule has 2 atom stereocenters. The van der Waals surface area contributed by atoms with Crippen molar-refractivity contribution in [1.82, 2.24) is 9.97 Å². The van der Waals surface area contributed by atoms with Gasteiger partial charge in [0.05, 0.1) is 17.3 Å². The molecule has 3 aromatic rings. The number of nitrogens with zero attached hydrogens (tertiary/aromatic N) is 1. The van der Waals surface area contributed by atoms with E-state index in [1.165, 1.54) is 0 Å². The van der Waals surface area contributed by atoms with Crippen molar-refractivity contribution in [3.8, 4) is 11.6 Å². The van der Waals surface area contributed by atoms with Crippen LogP contribution in [0.2, 0.25) is 0 Å². The summed E-state index contributed by atoms with van der Waals surface area (Å²) in [5, 5.41) is 3.00. The largest absolute Gasteiger partial charge is 0.461 e. The molecule has 2 unspecified atom stereocenters. The van der Waals surface area contributed by atoms with Gasteiger partial charge in [0.15, 0.2) is 11.6 Å². The molecule has 6 heteroatoms. The number of nitrogens with two attached hydrogens (primary N) is 1. The normalized spacial score (nSPS) is 21.0. The fraction of sp³-hybridized carbons (Fsp3) is 0.333. The smallest absolute Gasteiger partial charge is 0.227 e. The fourth-order valence-corrected chi connectivity index (χ4v) is 3.33. The average Bonchev–Trinajstić information content (AvgIpc) is 3.23. The summed E-state index contributed by atoms with van der Waals surface area (Å²) in [7, 11) is 0. The van der Waals surface area contributed by atoms with Gasteiger partial charge in [0.1, 0.15) is 0 Å². The molecule has 0 aliphatic heterocycles. The number of hydrogen-bond donors (Lipinski definition) is 3. The molecule has 6 nitrogen and oxygen atoms in total. The van der Waals surface area contributed by atoms with Crippen molar-refractivity contribution >= 4 is 22.6 Å². The number of H-pyrrole nitrogens is 1. The first-order valence-corrected chi connectivity index (χ1v) is 8.29. The first-order chi connectivity index (χ1) is 11.7. The number of amides is 1. The summed E-state index contributed by atoms with van der Waals surface area (Å²) in [6.07, 6.45) is 5.32. The number of benzene rings is 1. The van der Waals surface area contributed by atoms with Gasteiger partial charge >= 0.3 is 0 Å². The van der Waals surface area contributed by atoms with E-state index in [1.807, 2.05) is 30.3 Å². The zero-order valence-corrected chi connectivity index (χ0v) is 13.3. The maximum Gasteiger partial charge on any atom is 0.227 e. The Morgan fingerprint density at radius 3 is 3.04 bits per heavy atom. The van der Waals surface area contributed by atoms with Crippen LogP contribution in [0.15, 0.2) is 41.0 Å². The molecule has 124 valence electrons. The molecule has 24 heavy (non-hydrogen) atoms. The Kier molecular flexibility index (Phi) is 3.82. The number of aromatic nitrogens is 2. The Morgan fingerprint density at radius 2 is 2.25 bits per heavy atom. The summed E-state index contributed by atoms with van der Waals surface area (Å²) < 4.78 is 5.36. The zero-order valence-electron chi connectivity index (χ0n) is 13.3. The summed E-state index contributed by atoms with van der Waals surface area (Å²) in [6, 6.07) is 9.47. The van der Waals surface area contributed by atoms with E-state index in [-0.39, 0.29) is 17.9 Å². The predicted molar refractivity (Wildman–Crippen MR) is 92.4 cm³/mol. The molecule has 0 spiro atoms. The van der Waals surface area contributed by atoms with Crippen LogP contribution in [0.1, 0.15) is 25.7 Å². The molecule has 1 aromatic carbocycles. The number of fused-ring (bicyclic) bond motifs is 1. The number of carbonyl (C=O) groups excluding carboxylic acids is 1. The number of furan rings is 1. The lowest BCUT2D eigenvalue weighted by atomic mass is 9.85. The van der Waals surface area contributed by atoms with E-state index in [1.54, 1.807) is 6.26 Å². The van der Waals surface area contributed by atoms with Crippen molar-refractivity contribution in [1.29, 1.82) is 0 Å². The van der Waals surface area contributed by atoms with Crippen molar-refractivity contribution in [2.24, 2.45) is 11.7 Å². The SMILES string of the molecule is NC1CCCC(C(=O)Nc2ccc3nc(-c4ccco4)[nH]c3c2)C1. The number of carbonyl (C=O) groups is 1. The number of rotatable bonds is 3. The Hall–Kier alpha value is -2.60. The lowest BCUT2D eigenvalue weighted by Crippen LogP contribution is -2.34. The van der Waals surface area contributed by atoms with E-state index < -0.39 is 0 Å². The van der Waals surface area contributed by atoms with E-state index in [4.69, 9.17) is 10.2 Å². The topological polar surface area (TPSA) is 96.9 Å². The van der Waals surface area contributed by atoms with Gasteiger partial charge in [-0.25, -0.2) is 4.98 Å². The van der Waals surface area contributed by atoms with Gasteiger partial charge in [0, 0.05) is 17.6 Å². The Bertz CT molecular complexity index is 853. The highest BCUT2D eigenvalue weighted by Gasteiger charge is 2.25. The molecule has 2 aromatic heterocycles. The van der Waals surface area contributed by atoms with E-state index in [0.29, 0.717) is 11.6 Å². The highest BCUT2D eigenvalue weighted by atomic mass is 16.3. The molecule has 1 saturated carbocycles. The molecule has 1 aliphatic carbocycles. The lowest BCUT2D eigenvalue weighted by molar-refractivity contribution is -0.120. The second-order valence-electron chi connectivity index (χ2n) is 6.41. The number of nitrogens with one attached hydrogen (secondary N) is 2.